The summed E-state index contributed by atoms with van der Waals surface area (Å²) in [6.07, 6.45) is 6.17. The van der Waals surface area contributed by atoms with Crippen LogP contribution in [0.25, 0.3) is 0 Å². The average molecular weight is 503 g/mol. The van der Waals surface area contributed by atoms with E-state index in [4.69, 9.17) is 20.6 Å². The zero-order valence-electron chi connectivity index (χ0n) is 22.1. The van der Waals surface area contributed by atoms with E-state index in [9.17, 15) is 4.79 Å². The third-order valence-corrected chi connectivity index (χ3v) is 9.65. The molecule has 0 aromatic heterocycles. The van der Waals surface area contributed by atoms with Gasteiger partial charge in [-0.05, 0) is 62.9 Å². The first-order valence-electron chi connectivity index (χ1n) is 13.6. The molecule has 1 aliphatic carbocycles. The van der Waals surface area contributed by atoms with Gasteiger partial charge in [-0.25, -0.2) is 0 Å². The van der Waals surface area contributed by atoms with Crippen molar-refractivity contribution in [2.75, 3.05) is 13.8 Å². The summed E-state index contributed by atoms with van der Waals surface area (Å²) in [6.45, 7) is 5.49. The van der Waals surface area contributed by atoms with Gasteiger partial charge in [-0.15, -0.1) is 0 Å². The van der Waals surface area contributed by atoms with Gasteiger partial charge in [0.05, 0.1) is 5.92 Å². The van der Waals surface area contributed by atoms with Crippen LogP contribution in [-0.4, -0.2) is 47.0 Å². The number of nitrogen functional groups attached to an aromatic ring is 1. The van der Waals surface area contributed by atoms with Gasteiger partial charge in [0.1, 0.15) is 5.84 Å². The molecule has 4 aliphatic rings. The SMILES string of the molecule is CN1C(c2ccc(C(=N)N)cc2)C2C(=O)N(Cc3ccc4c(c3)OCO4)C(C3CCCCC3)C2C1(C)C. The predicted octanol–water partition coefficient (Wildman–Crippen LogP) is 4.69. The Kier molecular flexibility index (Phi) is 5.94. The lowest BCUT2D eigenvalue weighted by Crippen LogP contribution is -2.51. The number of carbonyl (C=O) groups is 1. The van der Waals surface area contributed by atoms with Crippen molar-refractivity contribution in [1.82, 2.24) is 9.80 Å². The second kappa shape index (κ2) is 9.05. The fourth-order valence-electron chi connectivity index (χ4n) is 7.66. The molecule has 0 bridgehead atoms. The summed E-state index contributed by atoms with van der Waals surface area (Å²) in [5.74, 6) is 2.51. The number of amidine groups is 1. The van der Waals surface area contributed by atoms with E-state index < -0.39 is 0 Å². The molecule has 37 heavy (non-hydrogen) atoms. The van der Waals surface area contributed by atoms with Crippen LogP contribution in [0.5, 0.6) is 11.5 Å². The van der Waals surface area contributed by atoms with Crippen molar-refractivity contribution in [3.8, 4) is 11.5 Å². The van der Waals surface area contributed by atoms with Crippen LogP contribution in [0.3, 0.4) is 0 Å². The fraction of sp³-hybridized carbons (Fsp3) is 0.533. The molecule has 0 radical (unpaired) electrons. The van der Waals surface area contributed by atoms with Crippen molar-refractivity contribution >= 4 is 11.7 Å². The van der Waals surface area contributed by atoms with Crippen LogP contribution in [0.15, 0.2) is 42.5 Å². The summed E-state index contributed by atoms with van der Waals surface area (Å²) in [5, 5.41) is 7.78. The molecule has 2 saturated heterocycles. The van der Waals surface area contributed by atoms with Crippen molar-refractivity contribution in [3.05, 3.63) is 59.2 Å². The monoisotopic (exact) mass is 502 g/mol. The number of fused-ring (bicyclic) bond motifs is 2. The van der Waals surface area contributed by atoms with Crippen LogP contribution in [-0.2, 0) is 11.3 Å². The molecule has 3 heterocycles. The third-order valence-electron chi connectivity index (χ3n) is 9.65. The van der Waals surface area contributed by atoms with Crippen LogP contribution in [0.2, 0.25) is 0 Å². The maximum absolute atomic E-state index is 14.5. The average Bonchev–Trinajstić information content (AvgIpc) is 3.53. The van der Waals surface area contributed by atoms with Crippen molar-refractivity contribution in [2.24, 2.45) is 23.5 Å². The molecule has 6 rings (SSSR count). The molecule has 7 nitrogen and oxygen atoms in total. The summed E-state index contributed by atoms with van der Waals surface area (Å²) in [5.41, 5.74) is 8.49. The quantitative estimate of drug-likeness (QED) is 0.457. The molecule has 3 fully saturated rings. The van der Waals surface area contributed by atoms with E-state index >= 15 is 0 Å². The largest absolute Gasteiger partial charge is 0.454 e. The number of ether oxygens (including phenoxy) is 2. The smallest absolute Gasteiger partial charge is 0.231 e. The van der Waals surface area contributed by atoms with Gasteiger partial charge in [-0.3, -0.25) is 15.1 Å². The lowest BCUT2D eigenvalue weighted by molar-refractivity contribution is -0.135. The van der Waals surface area contributed by atoms with Crippen LogP contribution in [0.1, 0.15) is 68.7 Å². The molecule has 4 atom stereocenters. The molecule has 4 unspecified atom stereocenters. The van der Waals surface area contributed by atoms with Gasteiger partial charge in [0, 0.05) is 35.6 Å². The normalized spacial score (nSPS) is 29.1. The minimum atomic E-state index is -0.143. The Morgan fingerprint density at radius 2 is 1.76 bits per heavy atom. The minimum absolute atomic E-state index is 0.0126. The third kappa shape index (κ3) is 3.90. The van der Waals surface area contributed by atoms with Crippen molar-refractivity contribution in [1.29, 1.82) is 5.41 Å². The van der Waals surface area contributed by atoms with Gasteiger partial charge in [0.2, 0.25) is 12.7 Å². The van der Waals surface area contributed by atoms with E-state index in [1.807, 2.05) is 24.3 Å². The Bertz CT molecular complexity index is 1200. The Morgan fingerprint density at radius 3 is 2.46 bits per heavy atom. The van der Waals surface area contributed by atoms with E-state index in [0.717, 1.165) is 22.6 Å². The molecule has 1 saturated carbocycles. The maximum atomic E-state index is 14.5. The van der Waals surface area contributed by atoms with Gasteiger partial charge in [0.25, 0.3) is 0 Å². The summed E-state index contributed by atoms with van der Waals surface area (Å²) in [6, 6.07) is 14.2. The first-order chi connectivity index (χ1) is 17.8. The number of carbonyl (C=O) groups excluding carboxylic acids is 1. The van der Waals surface area contributed by atoms with Gasteiger partial charge < -0.3 is 20.1 Å². The minimum Gasteiger partial charge on any atom is -0.454 e. The standard InChI is InChI=1S/C30H38N4O3/c1-30(2)25-24(26(33(30)3)20-10-12-21(13-11-20)28(31)32)29(35)34(27(25)19-7-5-4-6-8-19)16-18-9-14-22-23(15-18)37-17-36-22/h9-15,19,24-27H,4-8,16-17H2,1-3H3,(H3,31,32). The molecule has 1 amide bonds. The number of hydrogen-bond donors (Lipinski definition) is 2. The first-order valence-corrected chi connectivity index (χ1v) is 13.6. The zero-order chi connectivity index (χ0) is 25.9. The number of benzene rings is 2. The lowest BCUT2D eigenvalue weighted by Gasteiger charge is -2.44. The highest BCUT2D eigenvalue weighted by atomic mass is 16.7. The second-order valence-corrected chi connectivity index (χ2v) is 11.8. The second-order valence-electron chi connectivity index (χ2n) is 11.8. The van der Waals surface area contributed by atoms with Gasteiger partial charge in [-0.2, -0.15) is 0 Å². The molecule has 196 valence electrons. The Labute approximate surface area is 219 Å². The zero-order valence-corrected chi connectivity index (χ0v) is 22.1. The molecule has 2 aromatic rings. The highest BCUT2D eigenvalue weighted by molar-refractivity contribution is 5.95. The summed E-state index contributed by atoms with van der Waals surface area (Å²) in [4.78, 5) is 19.1. The number of rotatable bonds is 5. The Morgan fingerprint density at radius 1 is 1.05 bits per heavy atom. The number of likely N-dealkylation sites (tertiary alicyclic amines) is 2. The highest BCUT2D eigenvalue weighted by Gasteiger charge is 2.65. The van der Waals surface area contributed by atoms with Gasteiger partial charge in [0.15, 0.2) is 11.5 Å². The number of amides is 1. The first kappa shape index (κ1) is 24.3. The van der Waals surface area contributed by atoms with Crippen LogP contribution in [0, 0.1) is 23.2 Å². The summed E-state index contributed by atoms with van der Waals surface area (Å²) in [7, 11) is 2.18. The molecule has 3 aliphatic heterocycles. The van der Waals surface area contributed by atoms with Crippen LogP contribution >= 0.6 is 0 Å². The van der Waals surface area contributed by atoms with Crippen LogP contribution in [0.4, 0.5) is 0 Å². The molecular formula is C30H38N4O3. The number of nitrogens with one attached hydrogen (secondary N) is 1. The summed E-state index contributed by atoms with van der Waals surface area (Å²) >= 11 is 0. The van der Waals surface area contributed by atoms with E-state index in [2.05, 4.69) is 48.9 Å². The van der Waals surface area contributed by atoms with Gasteiger partial charge >= 0.3 is 0 Å². The highest BCUT2D eigenvalue weighted by Crippen LogP contribution is 2.58. The van der Waals surface area contributed by atoms with E-state index in [0.29, 0.717) is 18.0 Å². The number of nitrogens with two attached hydrogens (primary N) is 1. The maximum Gasteiger partial charge on any atom is 0.231 e. The fourth-order valence-corrected chi connectivity index (χ4v) is 7.66. The van der Waals surface area contributed by atoms with Gasteiger partial charge in [-0.1, -0.05) is 49.6 Å². The van der Waals surface area contributed by atoms with Crippen LogP contribution < -0.4 is 15.2 Å². The van der Waals surface area contributed by atoms with Crippen molar-refractivity contribution < 1.29 is 14.3 Å². The topological polar surface area (TPSA) is 91.9 Å². The number of nitrogens with zero attached hydrogens (tertiary/aromatic N) is 2. The molecule has 7 heteroatoms. The number of hydrogen-bond acceptors (Lipinski definition) is 5. The van der Waals surface area contributed by atoms with Crippen molar-refractivity contribution in [3.63, 3.8) is 0 Å². The Balaban J connectivity index is 1.39. The Hall–Kier alpha value is -3.06. The van der Waals surface area contributed by atoms with Crippen molar-refractivity contribution in [2.45, 2.75) is 70.1 Å². The summed E-state index contributed by atoms with van der Waals surface area (Å²) < 4.78 is 11.2. The molecule has 3 N–H and O–H groups in total. The lowest BCUT2D eigenvalue weighted by atomic mass is 9.71. The molecule has 2 aromatic carbocycles. The van der Waals surface area contributed by atoms with E-state index in [1.165, 1.54) is 32.1 Å². The molecular weight excluding hydrogens is 464 g/mol. The van der Waals surface area contributed by atoms with E-state index in [1.54, 1.807) is 0 Å². The van der Waals surface area contributed by atoms with E-state index in [-0.39, 0.29) is 48.0 Å². The molecule has 0 spiro atoms. The predicted molar refractivity (Wildman–Crippen MR) is 142 cm³/mol.